The highest BCUT2D eigenvalue weighted by atomic mass is 16.5. The molecular weight excluding hydrogens is 230 g/mol. The Morgan fingerprint density at radius 1 is 1.50 bits per heavy atom. The van der Waals surface area contributed by atoms with Crippen LogP contribution in [0.1, 0.15) is 39.0 Å². The lowest BCUT2D eigenvalue weighted by molar-refractivity contribution is -0.132. The first-order chi connectivity index (χ1) is 8.52. The van der Waals surface area contributed by atoms with E-state index in [2.05, 4.69) is 6.92 Å². The Labute approximate surface area is 110 Å². The van der Waals surface area contributed by atoms with Gasteiger partial charge in [0.1, 0.15) is 0 Å². The van der Waals surface area contributed by atoms with E-state index >= 15 is 0 Å². The molecule has 18 heavy (non-hydrogen) atoms. The van der Waals surface area contributed by atoms with Crippen LogP contribution in [0.3, 0.4) is 0 Å². The van der Waals surface area contributed by atoms with Gasteiger partial charge in [-0.15, -0.1) is 0 Å². The van der Waals surface area contributed by atoms with Crippen LogP contribution in [-0.4, -0.2) is 49.3 Å². The predicted molar refractivity (Wildman–Crippen MR) is 71.3 cm³/mol. The molecule has 0 radical (unpaired) electrons. The summed E-state index contributed by atoms with van der Waals surface area (Å²) in [7, 11) is 3.31. The van der Waals surface area contributed by atoms with Crippen molar-refractivity contribution >= 4 is 5.91 Å². The largest absolute Gasteiger partial charge is 0.389 e. The molecule has 0 aromatic rings. The van der Waals surface area contributed by atoms with Crippen LogP contribution in [0.25, 0.3) is 0 Å². The van der Waals surface area contributed by atoms with Crippen molar-refractivity contribution in [2.75, 3.05) is 27.3 Å². The van der Waals surface area contributed by atoms with E-state index in [1.54, 1.807) is 19.1 Å². The Morgan fingerprint density at radius 2 is 2.22 bits per heavy atom. The van der Waals surface area contributed by atoms with Crippen LogP contribution >= 0.6 is 0 Å². The van der Waals surface area contributed by atoms with Crippen LogP contribution in [0.2, 0.25) is 0 Å². The molecule has 0 bridgehead atoms. The molecule has 0 aliphatic heterocycles. The molecule has 3 atom stereocenters. The minimum Gasteiger partial charge on any atom is -0.389 e. The number of methoxy groups -OCH3 is 1. The quantitative estimate of drug-likeness (QED) is 0.787. The van der Waals surface area contributed by atoms with E-state index in [1.165, 1.54) is 25.7 Å². The number of aliphatic hydroxyl groups excluding tert-OH is 1. The Bertz CT molecular complexity index is 257. The number of hydrogen-bond donors (Lipinski definition) is 1. The van der Waals surface area contributed by atoms with E-state index in [0.717, 1.165) is 5.92 Å². The molecule has 1 aliphatic carbocycles. The fraction of sp³-hybridized carbons (Fsp3) is 0.929. The van der Waals surface area contributed by atoms with Gasteiger partial charge in [0.15, 0.2) is 0 Å². The number of aliphatic hydroxyl groups is 1. The van der Waals surface area contributed by atoms with E-state index in [-0.39, 0.29) is 12.5 Å². The SMILES string of the molecule is COCC(O)CN(C)C(=O)CC1CCCC(C)C1. The van der Waals surface area contributed by atoms with Gasteiger partial charge in [0.2, 0.25) is 5.91 Å². The van der Waals surface area contributed by atoms with Gasteiger partial charge in [-0.3, -0.25) is 4.79 Å². The van der Waals surface area contributed by atoms with Gasteiger partial charge in [0, 0.05) is 27.1 Å². The summed E-state index contributed by atoms with van der Waals surface area (Å²) >= 11 is 0. The number of ether oxygens (including phenoxy) is 1. The summed E-state index contributed by atoms with van der Waals surface area (Å²) in [5.74, 6) is 1.42. The Kier molecular flexibility index (Phi) is 6.65. The maximum Gasteiger partial charge on any atom is 0.222 e. The van der Waals surface area contributed by atoms with Gasteiger partial charge in [-0.2, -0.15) is 0 Å². The molecule has 0 heterocycles. The average molecular weight is 257 g/mol. The molecule has 0 aromatic heterocycles. The van der Waals surface area contributed by atoms with Crippen LogP contribution in [0, 0.1) is 11.8 Å². The van der Waals surface area contributed by atoms with Gasteiger partial charge in [0.05, 0.1) is 12.7 Å². The molecule has 1 rings (SSSR count). The number of rotatable bonds is 6. The molecule has 4 heteroatoms. The molecule has 106 valence electrons. The monoisotopic (exact) mass is 257 g/mol. The normalized spacial score (nSPS) is 25.8. The zero-order valence-electron chi connectivity index (χ0n) is 11.9. The van der Waals surface area contributed by atoms with Crippen molar-refractivity contribution < 1.29 is 14.6 Å². The minimum atomic E-state index is -0.589. The molecule has 0 saturated heterocycles. The highest BCUT2D eigenvalue weighted by Crippen LogP contribution is 2.30. The van der Waals surface area contributed by atoms with Gasteiger partial charge in [-0.1, -0.05) is 19.8 Å². The molecular formula is C14H27NO3. The van der Waals surface area contributed by atoms with E-state index in [9.17, 15) is 9.90 Å². The van der Waals surface area contributed by atoms with Crippen molar-refractivity contribution in [2.24, 2.45) is 11.8 Å². The van der Waals surface area contributed by atoms with Crippen LogP contribution in [0.15, 0.2) is 0 Å². The standard InChI is InChI=1S/C14H27NO3/c1-11-5-4-6-12(7-11)8-14(17)15(2)9-13(16)10-18-3/h11-13,16H,4-10H2,1-3H3. The molecule has 4 nitrogen and oxygen atoms in total. The average Bonchev–Trinajstić information content (AvgIpc) is 2.29. The molecule has 3 unspecified atom stereocenters. The molecule has 1 amide bonds. The first-order valence-electron chi connectivity index (χ1n) is 6.93. The summed E-state index contributed by atoms with van der Waals surface area (Å²) in [5.41, 5.74) is 0. The first kappa shape index (κ1) is 15.4. The van der Waals surface area contributed by atoms with Gasteiger partial charge < -0.3 is 14.7 Å². The summed E-state index contributed by atoms with van der Waals surface area (Å²) in [4.78, 5) is 13.7. The summed E-state index contributed by atoms with van der Waals surface area (Å²) in [6.45, 7) is 2.90. The highest BCUT2D eigenvalue weighted by molar-refractivity contribution is 5.76. The second-order valence-electron chi connectivity index (χ2n) is 5.73. The van der Waals surface area contributed by atoms with E-state index in [4.69, 9.17) is 4.74 Å². The molecule has 1 aliphatic rings. The molecule has 1 saturated carbocycles. The molecule has 0 spiro atoms. The van der Waals surface area contributed by atoms with Crippen LogP contribution < -0.4 is 0 Å². The second-order valence-corrected chi connectivity index (χ2v) is 5.73. The smallest absolute Gasteiger partial charge is 0.222 e. The minimum absolute atomic E-state index is 0.143. The van der Waals surface area contributed by atoms with Gasteiger partial charge in [-0.25, -0.2) is 0 Å². The first-order valence-corrected chi connectivity index (χ1v) is 6.93. The Balaban J connectivity index is 2.30. The third-order valence-electron chi connectivity index (χ3n) is 3.78. The molecule has 1 N–H and O–H groups in total. The summed E-state index contributed by atoms with van der Waals surface area (Å²) in [6.07, 6.45) is 4.92. The molecule has 1 fully saturated rings. The summed E-state index contributed by atoms with van der Waals surface area (Å²) in [5, 5.41) is 9.60. The van der Waals surface area contributed by atoms with E-state index in [0.29, 0.717) is 18.9 Å². The number of nitrogens with zero attached hydrogens (tertiary/aromatic N) is 1. The van der Waals surface area contributed by atoms with Crippen molar-refractivity contribution in [3.63, 3.8) is 0 Å². The highest BCUT2D eigenvalue weighted by Gasteiger charge is 2.23. The van der Waals surface area contributed by atoms with Crippen molar-refractivity contribution in [2.45, 2.75) is 45.1 Å². The van der Waals surface area contributed by atoms with Crippen molar-refractivity contribution in [1.82, 2.24) is 4.90 Å². The van der Waals surface area contributed by atoms with Gasteiger partial charge in [-0.05, 0) is 24.7 Å². The lowest BCUT2D eigenvalue weighted by Gasteiger charge is -2.28. The zero-order valence-corrected chi connectivity index (χ0v) is 11.9. The molecule has 0 aromatic carbocycles. The van der Waals surface area contributed by atoms with Crippen LogP contribution in [0.4, 0.5) is 0 Å². The lowest BCUT2D eigenvalue weighted by Crippen LogP contribution is -2.37. The lowest BCUT2D eigenvalue weighted by atomic mass is 9.80. The Hall–Kier alpha value is -0.610. The van der Waals surface area contributed by atoms with E-state index in [1.807, 2.05) is 0 Å². The second kappa shape index (κ2) is 7.74. The fourth-order valence-corrected chi connectivity index (χ4v) is 2.81. The maximum absolute atomic E-state index is 12.0. The van der Waals surface area contributed by atoms with Crippen LogP contribution in [0.5, 0.6) is 0 Å². The van der Waals surface area contributed by atoms with Crippen LogP contribution in [-0.2, 0) is 9.53 Å². The maximum atomic E-state index is 12.0. The topological polar surface area (TPSA) is 49.8 Å². The predicted octanol–water partition coefficient (Wildman–Crippen LogP) is 1.67. The van der Waals surface area contributed by atoms with E-state index < -0.39 is 6.10 Å². The summed E-state index contributed by atoms with van der Waals surface area (Å²) < 4.78 is 4.86. The summed E-state index contributed by atoms with van der Waals surface area (Å²) in [6, 6.07) is 0. The van der Waals surface area contributed by atoms with Gasteiger partial charge in [0.25, 0.3) is 0 Å². The fourth-order valence-electron chi connectivity index (χ4n) is 2.81. The number of carbonyl (C=O) groups is 1. The number of hydrogen-bond acceptors (Lipinski definition) is 3. The number of amides is 1. The zero-order chi connectivity index (χ0) is 13.5. The van der Waals surface area contributed by atoms with Crippen molar-refractivity contribution in [3.8, 4) is 0 Å². The van der Waals surface area contributed by atoms with Gasteiger partial charge >= 0.3 is 0 Å². The third-order valence-corrected chi connectivity index (χ3v) is 3.78. The van der Waals surface area contributed by atoms with Crippen molar-refractivity contribution in [1.29, 1.82) is 0 Å². The number of carbonyl (C=O) groups excluding carboxylic acids is 1. The third kappa shape index (κ3) is 5.36. The number of likely N-dealkylation sites (N-methyl/N-ethyl adjacent to an activating group) is 1. The van der Waals surface area contributed by atoms with Crippen molar-refractivity contribution in [3.05, 3.63) is 0 Å². The Morgan fingerprint density at radius 3 is 2.83 bits per heavy atom.